The normalized spacial score (nSPS) is 18.5. The van der Waals surface area contributed by atoms with E-state index in [-0.39, 0.29) is 18.0 Å². The van der Waals surface area contributed by atoms with Gasteiger partial charge >= 0.3 is 6.03 Å². The van der Waals surface area contributed by atoms with Gasteiger partial charge in [-0.15, -0.1) is 0 Å². The van der Waals surface area contributed by atoms with Crippen LogP contribution in [0.1, 0.15) is 40.0 Å². The molecule has 0 aromatic carbocycles. The molecular formula is C15H30N4O2. The average Bonchev–Trinajstić information content (AvgIpc) is 2.41. The van der Waals surface area contributed by atoms with Crippen LogP contribution in [0.3, 0.4) is 0 Å². The third kappa shape index (κ3) is 6.91. The Morgan fingerprint density at radius 3 is 2.38 bits per heavy atom. The van der Waals surface area contributed by atoms with Crippen LogP contribution in [0.5, 0.6) is 0 Å². The highest BCUT2D eigenvalue weighted by Gasteiger charge is 2.28. The van der Waals surface area contributed by atoms with Crippen molar-refractivity contribution in [2.24, 2.45) is 5.92 Å². The molecule has 3 amide bonds. The Kier molecular flexibility index (Phi) is 7.11. The van der Waals surface area contributed by atoms with E-state index < -0.39 is 6.03 Å². The molecule has 0 saturated carbocycles. The van der Waals surface area contributed by atoms with Crippen LogP contribution in [-0.4, -0.2) is 55.6 Å². The number of carbonyl (C=O) groups is 2. The molecule has 1 heterocycles. The molecule has 0 spiro atoms. The molecule has 1 fully saturated rings. The number of hydrogen-bond donors (Lipinski definition) is 3. The number of amides is 3. The van der Waals surface area contributed by atoms with E-state index in [4.69, 9.17) is 0 Å². The van der Waals surface area contributed by atoms with Crippen LogP contribution in [0.2, 0.25) is 0 Å². The highest BCUT2D eigenvalue weighted by molar-refractivity contribution is 5.95. The van der Waals surface area contributed by atoms with E-state index in [1.165, 1.54) is 0 Å². The molecule has 0 aromatic rings. The molecule has 6 heteroatoms. The zero-order valence-corrected chi connectivity index (χ0v) is 13.8. The number of likely N-dealkylation sites (tertiary alicyclic amines) is 1. The lowest BCUT2D eigenvalue weighted by molar-refractivity contribution is -0.121. The van der Waals surface area contributed by atoms with E-state index in [1.807, 2.05) is 7.05 Å². The summed E-state index contributed by atoms with van der Waals surface area (Å²) in [5.41, 5.74) is 0.168. The van der Waals surface area contributed by atoms with E-state index >= 15 is 0 Å². The molecule has 0 aliphatic carbocycles. The highest BCUT2D eigenvalue weighted by Crippen LogP contribution is 2.20. The van der Waals surface area contributed by atoms with Gasteiger partial charge in [-0.25, -0.2) is 4.79 Å². The van der Waals surface area contributed by atoms with Crippen molar-refractivity contribution in [2.75, 3.05) is 33.2 Å². The summed E-state index contributed by atoms with van der Waals surface area (Å²) in [5.74, 6) is 0.306. The van der Waals surface area contributed by atoms with Gasteiger partial charge in [-0.3, -0.25) is 15.0 Å². The van der Waals surface area contributed by atoms with Crippen LogP contribution in [0.15, 0.2) is 0 Å². The van der Waals surface area contributed by atoms with Crippen LogP contribution < -0.4 is 16.0 Å². The summed E-state index contributed by atoms with van der Waals surface area (Å²) in [6.45, 7) is 9.03. The van der Waals surface area contributed by atoms with Gasteiger partial charge in [-0.2, -0.15) is 0 Å². The van der Waals surface area contributed by atoms with Crippen LogP contribution in [-0.2, 0) is 4.79 Å². The first-order chi connectivity index (χ1) is 9.84. The Balaban J connectivity index is 2.21. The summed E-state index contributed by atoms with van der Waals surface area (Å²) in [6.07, 6.45) is 2.94. The van der Waals surface area contributed by atoms with Gasteiger partial charge in [-0.1, -0.05) is 13.8 Å². The Bertz CT molecular complexity index is 350. The molecule has 1 aliphatic rings. The molecule has 122 valence electrons. The van der Waals surface area contributed by atoms with Crippen molar-refractivity contribution < 1.29 is 9.59 Å². The van der Waals surface area contributed by atoms with Crippen LogP contribution in [0, 0.1) is 5.92 Å². The van der Waals surface area contributed by atoms with Crippen molar-refractivity contribution in [3.05, 3.63) is 0 Å². The number of hydrogen-bond acceptors (Lipinski definition) is 4. The highest BCUT2D eigenvalue weighted by atomic mass is 16.2. The van der Waals surface area contributed by atoms with Crippen LogP contribution >= 0.6 is 0 Å². The number of imide groups is 1. The van der Waals surface area contributed by atoms with Gasteiger partial charge in [0.1, 0.15) is 0 Å². The largest absolute Gasteiger partial charge is 0.338 e. The lowest BCUT2D eigenvalue weighted by Crippen LogP contribution is -2.52. The molecule has 1 rings (SSSR count). The maximum absolute atomic E-state index is 11.8. The monoisotopic (exact) mass is 298 g/mol. The van der Waals surface area contributed by atoms with Crippen LogP contribution in [0.4, 0.5) is 4.79 Å². The van der Waals surface area contributed by atoms with Gasteiger partial charge in [-0.05, 0) is 39.2 Å². The zero-order chi connectivity index (χ0) is 15.9. The van der Waals surface area contributed by atoms with Crippen molar-refractivity contribution >= 4 is 11.9 Å². The number of carbonyl (C=O) groups excluding carboxylic acids is 2. The smallest absolute Gasteiger partial charge is 0.321 e. The molecule has 21 heavy (non-hydrogen) atoms. The molecule has 0 aromatic heterocycles. The molecule has 0 unspecified atom stereocenters. The SMILES string of the molecule is CNC1(C)CCN(CC(=O)NC(=O)NCCC(C)C)CC1. The standard InChI is InChI=1S/C15H30N4O2/c1-12(2)5-8-17-14(21)18-13(20)11-19-9-6-15(3,16-4)7-10-19/h12,16H,5-11H2,1-4H3,(H2,17,18,20,21). The molecular weight excluding hydrogens is 268 g/mol. The van der Waals surface area contributed by atoms with E-state index in [0.717, 1.165) is 32.4 Å². The fraction of sp³-hybridized carbons (Fsp3) is 0.867. The minimum atomic E-state index is -0.391. The van der Waals surface area contributed by atoms with Gasteiger partial charge in [0, 0.05) is 25.2 Å². The summed E-state index contributed by atoms with van der Waals surface area (Å²) in [4.78, 5) is 25.5. The second kappa shape index (κ2) is 8.34. The number of nitrogens with one attached hydrogen (secondary N) is 3. The minimum Gasteiger partial charge on any atom is -0.338 e. The number of urea groups is 1. The molecule has 0 radical (unpaired) electrons. The Hall–Kier alpha value is -1.14. The second-order valence-corrected chi connectivity index (χ2v) is 6.57. The quantitative estimate of drug-likeness (QED) is 0.682. The van der Waals surface area contributed by atoms with E-state index in [0.29, 0.717) is 12.5 Å². The molecule has 6 nitrogen and oxygen atoms in total. The van der Waals surface area contributed by atoms with Crippen molar-refractivity contribution in [3.8, 4) is 0 Å². The molecule has 1 saturated heterocycles. The van der Waals surface area contributed by atoms with Gasteiger partial charge in [0.2, 0.25) is 5.91 Å². The Morgan fingerprint density at radius 2 is 1.86 bits per heavy atom. The van der Waals surface area contributed by atoms with E-state index in [2.05, 4.69) is 41.6 Å². The maximum atomic E-state index is 11.8. The zero-order valence-electron chi connectivity index (χ0n) is 13.8. The lowest BCUT2D eigenvalue weighted by Gasteiger charge is -2.38. The summed E-state index contributed by atoms with van der Waals surface area (Å²) < 4.78 is 0. The average molecular weight is 298 g/mol. The maximum Gasteiger partial charge on any atom is 0.321 e. The summed E-state index contributed by atoms with van der Waals surface area (Å²) in [5, 5.41) is 8.42. The molecule has 0 atom stereocenters. The summed E-state index contributed by atoms with van der Waals surface area (Å²) in [6, 6.07) is -0.391. The summed E-state index contributed by atoms with van der Waals surface area (Å²) in [7, 11) is 1.98. The van der Waals surface area contributed by atoms with Crippen molar-refractivity contribution in [2.45, 2.75) is 45.6 Å². The van der Waals surface area contributed by atoms with E-state index in [9.17, 15) is 9.59 Å². The molecule has 3 N–H and O–H groups in total. The molecule has 0 bridgehead atoms. The number of rotatable bonds is 6. The van der Waals surface area contributed by atoms with Gasteiger partial charge in [0.25, 0.3) is 0 Å². The first kappa shape index (κ1) is 17.9. The fourth-order valence-corrected chi connectivity index (χ4v) is 2.34. The minimum absolute atomic E-state index is 0.168. The third-order valence-corrected chi connectivity index (χ3v) is 4.19. The Labute approximate surface area is 128 Å². The van der Waals surface area contributed by atoms with Gasteiger partial charge < -0.3 is 10.6 Å². The second-order valence-electron chi connectivity index (χ2n) is 6.57. The molecule has 1 aliphatic heterocycles. The Morgan fingerprint density at radius 1 is 1.24 bits per heavy atom. The first-order valence-electron chi connectivity index (χ1n) is 7.83. The van der Waals surface area contributed by atoms with Gasteiger partial charge in [0.05, 0.1) is 6.54 Å². The fourth-order valence-electron chi connectivity index (χ4n) is 2.34. The van der Waals surface area contributed by atoms with Crippen molar-refractivity contribution in [3.63, 3.8) is 0 Å². The lowest BCUT2D eigenvalue weighted by atomic mass is 9.90. The predicted molar refractivity (Wildman–Crippen MR) is 84.1 cm³/mol. The summed E-state index contributed by atoms with van der Waals surface area (Å²) >= 11 is 0. The number of piperidine rings is 1. The van der Waals surface area contributed by atoms with E-state index in [1.54, 1.807) is 0 Å². The first-order valence-corrected chi connectivity index (χ1v) is 7.83. The van der Waals surface area contributed by atoms with Crippen molar-refractivity contribution in [1.29, 1.82) is 0 Å². The number of nitrogens with zero attached hydrogens (tertiary/aromatic N) is 1. The predicted octanol–water partition coefficient (Wildman–Crippen LogP) is 0.932. The van der Waals surface area contributed by atoms with Crippen LogP contribution in [0.25, 0.3) is 0 Å². The third-order valence-electron chi connectivity index (χ3n) is 4.19. The topological polar surface area (TPSA) is 73.5 Å². The van der Waals surface area contributed by atoms with Crippen molar-refractivity contribution in [1.82, 2.24) is 20.9 Å². The van der Waals surface area contributed by atoms with Gasteiger partial charge in [0.15, 0.2) is 0 Å².